The fourth-order valence-electron chi connectivity index (χ4n) is 2.38. The van der Waals surface area contributed by atoms with Gasteiger partial charge in [0.05, 0.1) is 18.1 Å². The molecule has 2 rings (SSSR count). The van der Waals surface area contributed by atoms with E-state index in [1.807, 2.05) is 0 Å². The zero-order chi connectivity index (χ0) is 15.9. The quantitative estimate of drug-likeness (QED) is 0.533. The minimum absolute atomic E-state index is 0.117. The van der Waals surface area contributed by atoms with Gasteiger partial charge in [-0.2, -0.15) is 0 Å². The van der Waals surface area contributed by atoms with Crippen molar-refractivity contribution in [2.75, 3.05) is 19.7 Å². The molecule has 2 saturated heterocycles. The Morgan fingerprint density at radius 3 is 1.95 bits per heavy atom. The number of piperidine rings is 1. The second-order valence-electron chi connectivity index (χ2n) is 4.99. The van der Waals surface area contributed by atoms with Crippen LogP contribution in [0.1, 0.15) is 19.3 Å². The van der Waals surface area contributed by atoms with Crippen molar-refractivity contribution >= 4 is 17.9 Å². The molecule has 0 aromatic carbocycles. The molecule has 1 spiro atoms. The van der Waals surface area contributed by atoms with Crippen LogP contribution in [0.2, 0.25) is 0 Å². The van der Waals surface area contributed by atoms with Crippen molar-refractivity contribution in [1.82, 2.24) is 5.32 Å². The Labute approximate surface area is 121 Å². The summed E-state index contributed by atoms with van der Waals surface area (Å²) in [7, 11) is 0. The van der Waals surface area contributed by atoms with Crippen LogP contribution in [0.15, 0.2) is 12.2 Å². The Balaban J connectivity index is 0.000000240. The van der Waals surface area contributed by atoms with Crippen LogP contribution in [-0.4, -0.2) is 58.5 Å². The number of rotatable bonds is 3. The van der Waals surface area contributed by atoms with Crippen LogP contribution in [0.25, 0.3) is 0 Å². The van der Waals surface area contributed by atoms with Crippen molar-refractivity contribution in [1.29, 1.82) is 0 Å². The third kappa shape index (κ3) is 5.92. The number of ether oxygens (including phenoxy) is 1. The summed E-state index contributed by atoms with van der Waals surface area (Å²) in [6.45, 7) is 2.30. The first kappa shape index (κ1) is 17.1. The Morgan fingerprint density at radius 2 is 1.57 bits per heavy atom. The summed E-state index contributed by atoms with van der Waals surface area (Å²) in [5.41, 5.74) is -0.117. The zero-order valence-electron chi connectivity index (χ0n) is 11.4. The molecule has 21 heavy (non-hydrogen) atoms. The predicted octanol–water partition coefficient (Wildman–Crippen LogP) is -0.0585. The fourth-order valence-corrected chi connectivity index (χ4v) is 2.38. The summed E-state index contributed by atoms with van der Waals surface area (Å²) in [5.74, 6) is -3.51. The average molecular weight is 301 g/mol. The van der Waals surface area contributed by atoms with Crippen molar-refractivity contribution in [3.63, 3.8) is 0 Å². The SMILES string of the molecule is O=C(O)/C=C\C(=O)O.O=C(O)C1COC2(CCNCC2)C1. The van der Waals surface area contributed by atoms with E-state index in [2.05, 4.69) is 5.32 Å². The van der Waals surface area contributed by atoms with Crippen LogP contribution in [0, 0.1) is 5.92 Å². The van der Waals surface area contributed by atoms with E-state index >= 15 is 0 Å². The molecule has 2 aliphatic heterocycles. The highest BCUT2D eigenvalue weighted by Crippen LogP contribution is 2.36. The van der Waals surface area contributed by atoms with Gasteiger partial charge in [-0.05, 0) is 32.4 Å². The molecular formula is C13H19NO7. The van der Waals surface area contributed by atoms with E-state index in [0.29, 0.717) is 25.2 Å². The van der Waals surface area contributed by atoms with Gasteiger partial charge in [0, 0.05) is 12.2 Å². The van der Waals surface area contributed by atoms with E-state index in [0.717, 1.165) is 25.9 Å². The third-order valence-corrected chi connectivity index (χ3v) is 3.44. The van der Waals surface area contributed by atoms with Crippen LogP contribution in [0.3, 0.4) is 0 Å². The molecule has 0 saturated carbocycles. The third-order valence-electron chi connectivity index (χ3n) is 3.44. The van der Waals surface area contributed by atoms with Gasteiger partial charge in [0.1, 0.15) is 0 Å². The summed E-state index contributed by atoms with van der Waals surface area (Å²) in [5, 5.41) is 27.7. The first-order valence-electron chi connectivity index (χ1n) is 6.56. The molecule has 0 aromatic rings. The van der Waals surface area contributed by atoms with Gasteiger partial charge in [0.15, 0.2) is 0 Å². The molecule has 0 aromatic heterocycles. The lowest BCUT2D eigenvalue weighted by atomic mass is 9.86. The van der Waals surface area contributed by atoms with Crippen molar-refractivity contribution in [2.45, 2.75) is 24.9 Å². The van der Waals surface area contributed by atoms with Gasteiger partial charge in [0.2, 0.25) is 0 Å². The number of hydrogen-bond acceptors (Lipinski definition) is 5. The second kappa shape index (κ2) is 7.75. The smallest absolute Gasteiger partial charge is 0.328 e. The summed E-state index contributed by atoms with van der Waals surface area (Å²) in [6.07, 6.45) is 3.72. The fraction of sp³-hybridized carbons (Fsp3) is 0.615. The molecule has 0 bridgehead atoms. The van der Waals surface area contributed by atoms with Crippen LogP contribution >= 0.6 is 0 Å². The van der Waals surface area contributed by atoms with Crippen molar-refractivity contribution in [3.8, 4) is 0 Å². The molecule has 2 aliphatic rings. The lowest BCUT2D eigenvalue weighted by Crippen LogP contribution is -2.41. The molecule has 0 amide bonds. The highest BCUT2D eigenvalue weighted by molar-refractivity contribution is 5.89. The highest BCUT2D eigenvalue weighted by Gasteiger charge is 2.43. The van der Waals surface area contributed by atoms with Crippen molar-refractivity contribution in [3.05, 3.63) is 12.2 Å². The highest BCUT2D eigenvalue weighted by atomic mass is 16.5. The van der Waals surface area contributed by atoms with Crippen LogP contribution in [0.4, 0.5) is 0 Å². The number of carboxylic acids is 3. The van der Waals surface area contributed by atoms with E-state index < -0.39 is 17.9 Å². The number of nitrogens with one attached hydrogen (secondary N) is 1. The molecule has 8 heteroatoms. The normalized spacial score (nSPS) is 23.5. The largest absolute Gasteiger partial charge is 0.481 e. The maximum absolute atomic E-state index is 10.7. The predicted molar refractivity (Wildman–Crippen MR) is 70.9 cm³/mol. The van der Waals surface area contributed by atoms with Gasteiger partial charge < -0.3 is 25.4 Å². The Kier molecular flexibility index (Phi) is 6.32. The minimum atomic E-state index is -1.26. The van der Waals surface area contributed by atoms with Crippen LogP contribution in [-0.2, 0) is 19.1 Å². The number of carboxylic acid groups (broad SMARTS) is 3. The Hall–Kier alpha value is -1.93. The molecular weight excluding hydrogens is 282 g/mol. The van der Waals surface area contributed by atoms with E-state index in [1.165, 1.54) is 0 Å². The van der Waals surface area contributed by atoms with Crippen molar-refractivity contribution < 1.29 is 34.4 Å². The van der Waals surface area contributed by atoms with E-state index in [4.69, 9.17) is 20.1 Å². The molecule has 1 unspecified atom stereocenters. The molecule has 0 radical (unpaired) electrons. The van der Waals surface area contributed by atoms with Gasteiger partial charge in [-0.25, -0.2) is 9.59 Å². The van der Waals surface area contributed by atoms with Gasteiger partial charge in [-0.1, -0.05) is 0 Å². The number of carbonyl (C=O) groups is 3. The van der Waals surface area contributed by atoms with Gasteiger partial charge in [0.25, 0.3) is 0 Å². The number of aliphatic carboxylic acids is 3. The molecule has 118 valence electrons. The van der Waals surface area contributed by atoms with E-state index in [1.54, 1.807) is 0 Å². The second-order valence-corrected chi connectivity index (χ2v) is 4.99. The monoisotopic (exact) mass is 301 g/mol. The van der Waals surface area contributed by atoms with Gasteiger partial charge in [-0.3, -0.25) is 4.79 Å². The summed E-state index contributed by atoms with van der Waals surface area (Å²) < 4.78 is 5.63. The maximum atomic E-state index is 10.7. The van der Waals surface area contributed by atoms with Crippen LogP contribution in [0.5, 0.6) is 0 Å². The molecule has 2 fully saturated rings. The summed E-state index contributed by atoms with van der Waals surface area (Å²) in [6, 6.07) is 0. The first-order valence-corrected chi connectivity index (χ1v) is 6.56. The minimum Gasteiger partial charge on any atom is -0.481 e. The lowest BCUT2D eigenvalue weighted by molar-refractivity contribution is -0.141. The molecule has 2 heterocycles. The average Bonchev–Trinajstić information content (AvgIpc) is 2.82. The van der Waals surface area contributed by atoms with E-state index in [-0.39, 0.29) is 11.5 Å². The van der Waals surface area contributed by atoms with E-state index in [9.17, 15) is 14.4 Å². The molecule has 4 N–H and O–H groups in total. The molecule has 1 atom stereocenters. The molecule has 8 nitrogen and oxygen atoms in total. The Bertz CT molecular complexity index is 410. The first-order chi connectivity index (χ1) is 9.84. The summed E-state index contributed by atoms with van der Waals surface area (Å²) >= 11 is 0. The zero-order valence-corrected chi connectivity index (χ0v) is 11.4. The van der Waals surface area contributed by atoms with Crippen molar-refractivity contribution in [2.24, 2.45) is 5.92 Å². The summed E-state index contributed by atoms with van der Waals surface area (Å²) in [4.78, 5) is 29.8. The number of hydrogen-bond donors (Lipinski definition) is 4. The molecule has 0 aliphatic carbocycles. The van der Waals surface area contributed by atoms with Gasteiger partial charge in [-0.15, -0.1) is 0 Å². The van der Waals surface area contributed by atoms with Crippen LogP contribution < -0.4 is 5.32 Å². The maximum Gasteiger partial charge on any atom is 0.328 e. The lowest BCUT2D eigenvalue weighted by Gasteiger charge is -2.32. The Morgan fingerprint density at radius 1 is 1.05 bits per heavy atom. The van der Waals surface area contributed by atoms with Gasteiger partial charge >= 0.3 is 17.9 Å². The standard InChI is InChI=1S/C9H15NO3.C4H4O4/c11-8(12)7-5-9(13-6-7)1-3-10-4-2-9;5-3(6)1-2-4(7)8/h7,10H,1-6H2,(H,11,12);1-2H,(H,5,6)(H,7,8)/b;2-1-. The topological polar surface area (TPSA) is 133 Å².